The third-order valence-corrected chi connectivity index (χ3v) is 3.39. The molecule has 0 aliphatic carbocycles. The summed E-state index contributed by atoms with van der Waals surface area (Å²) in [7, 11) is 0. The minimum Gasteiger partial charge on any atom is -0.311 e. The molecule has 0 saturated carbocycles. The first-order chi connectivity index (χ1) is 7.79. The lowest BCUT2D eigenvalue weighted by molar-refractivity contribution is 0.267. The quantitative estimate of drug-likeness (QED) is 0.810. The molecule has 0 spiro atoms. The second-order valence-corrected chi connectivity index (χ2v) is 5.03. The molecule has 0 amide bonds. The van der Waals surface area contributed by atoms with Gasteiger partial charge < -0.3 is 10.6 Å². The lowest BCUT2D eigenvalue weighted by atomic mass is 9.91. The topological polar surface area (TPSA) is 24.1 Å². The molecule has 88 valence electrons. The molecule has 1 heterocycles. The molecular weight excluding hydrogens is 196 g/mol. The van der Waals surface area contributed by atoms with Crippen LogP contribution in [0.2, 0.25) is 0 Å². The summed E-state index contributed by atoms with van der Waals surface area (Å²) in [5.41, 5.74) is 1.66. The Morgan fingerprint density at radius 1 is 1.25 bits per heavy atom. The number of piperidine rings is 1. The van der Waals surface area contributed by atoms with Crippen molar-refractivity contribution in [2.24, 2.45) is 0 Å². The van der Waals surface area contributed by atoms with Crippen LogP contribution in [-0.4, -0.2) is 18.6 Å². The largest absolute Gasteiger partial charge is 0.311 e. The Hall–Kier alpha value is -0.860. The van der Waals surface area contributed by atoms with Crippen LogP contribution >= 0.6 is 0 Å². The fraction of sp³-hybridized carbons (Fsp3) is 0.571. The molecule has 1 unspecified atom stereocenters. The van der Waals surface area contributed by atoms with Gasteiger partial charge in [-0.2, -0.15) is 0 Å². The Kier molecular flexibility index (Phi) is 3.97. The zero-order valence-corrected chi connectivity index (χ0v) is 10.1. The summed E-state index contributed by atoms with van der Waals surface area (Å²) in [5.74, 6) is 0. The molecule has 1 atom stereocenters. The monoisotopic (exact) mass is 218 g/mol. The third-order valence-electron chi connectivity index (χ3n) is 3.39. The predicted octanol–water partition coefficient (Wildman–Crippen LogP) is 2.31. The molecule has 0 bridgehead atoms. The first-order valence-electron chi connectivity index (χ1n) is 6.28. The highest BCUT2D eigenvalue weighted by atomic mass is 15.0. The molecule has 1 saturated heterocycles. The molecule has 1 aliphatic heterocycles. The van der Waals surface area contributed by atoms with Gasteiger partial charge in [-0.25, -0.2) is 0 Å². The first kappa shape index (κ1) is 11.6. The van der Waals surface area contributed by atoms with E-state index in [2.05, 4.69) is 47.9 Å². The summed E-state index contributed by atoms with van der Waals surface area (Å²) in [6.07, 6.45) is 3.97. The van der Waals surface area contributed by atoms with Crippen LogP contribution in [0.25, 0.3) is 0 Å². The van der Waals surface area contributed by atoms with Gasteiger partial charge in [-0.1, -0.05) is 36.8 Å². The molecule has 2 N–H and O–H groups in total. The summed E-state index contributed by atoms with van der Waals surface area (Å²) in [6, 6.07) is 10.6. The van der Waals surface area contributed by atoms with E-state index in [4.69, 9.17) is 0 Å². The predicted molar refractivity (Wildman–Crippen MR) is 68.4 cm³/mol. The summed E-state index contributed by atoms with van der Waals surface area (Å²) in [5, 5.41) is 7.17. The highest BCUT2D eigenvalue weighted by Gasteiger charge is 2.25. The average molecular weight is 218 g/mol. The summed E-state index contributed by atoms with van der Waals surface area (Å²) in [6.45, 7) is 5.52. The van der Waals surface area contributed by atoms with Gasteiger partial charge in [-0.15, -0.1) is 0 Å². The van der Waals surface area contributed by atoms with Gasteiger partial charge in [-0.05, 0) is 31.9 Å². The normalized spacial score (nSPS) is 25.6. The Morgan fingerprint density at radius 2 is 2.06 bits per heavy atom. The second-order valence-electron chi connectivity index (χ2n) is 5.03. The molecule has 1 aliphatic rings. The molecule has 0 aromatic heterocycles. The Bertz CT molecular complexity index is 302. The summed E-state index contributed by atoms with van der Waals surface area (Å²) in [4.78, 5) is 0. The van der Waals surface area contributed by atoms with Crippen LogP contribution in [0.15, 0.2) is 30.3 Å². The van der Waals surface area contributed by atoms with Crippen molar-refractivity contribution in [2.75, 3.05) is 13.1 Å². The van der Waals surface area contributed by atoms with Crippen LogP contribution in [0.1, 0.15) is 31.7 Å². The zero-order valence-electron chi connectivity index (χ0n) is 10.1. The Morgan fingerprint density at radius 3 is 2.75 bits per heavy atom. The lowest BCUT2D eigenvalue weighted by Crippen LogP contribution is -2.52. The van der Waals surface area contributed by atoms with Gasteiger partial charge in [-0.3, -0.25) is 0 Å². The molecule has 1 fully saturated rings. The van der Waals surface area contributed by atoms with Crippen molar-refractivity contribution in [1.82, 2.24) is 10.6 Å². The minimum absolute atomic E-state index is 0.299. The van der Waals surface area contributed by atoms with E-state index in [1.807, 2.05) is 0 Å². The number of hydrogen-bond donors (Lipinski definition) is 2. The van der Waals surface area contributed by atoms with Gasteiger partial charge in [0.2, 0.25) is 0 Å². The van der Waals surface area contributed by atoms with E-state index in [0.717, 1.165) is 13.1 Å². The van der Waals surface area contributed by atoms with Gasteiger partial charge in [0.1, 0.15) is 0 Å². The average Bonchev–Trinajstić information content (AvgIpc) is 2.31. The van der Waals surface area contributed by atoms with Crippen LogP contribution in [-0.2, 0) is 6.54 Å². The lowest BCUT2D eigenvalue weighted by Gasteiger charge is -2.35. The van der Waals surface area contributed by atoms with Crippen molar-refractivity contribution in [3.8, 4) is 0 Å². The number of benzene rings is 1. The van der Waals surface area contributed by atoms with Crippen LogP contribution in [0.4, 0.5) is 0 Å². The van der Waals surface area contributed by atoms with Crippen molar-refractivity contribution in [3.05, 3.63) is 35.9 Å². The fourth-order valence-corrected chi connectivity index (χ4v) is 2.35. The SMILES string of the molecule is CC1(CNCc2ccccc2)CCCCN1. The Balaban J connectivity index is 1.75. The third kappa shape index (κ3) is 3.32. The highest BCUT2D eigenvalue weighted by Crippen LogP contribution is 2.17. The standard InChI is InChI=1S/C14H22N2/c1-14(9-5-6-10-16-14)12-15-11-13-7-3-2-4-8-13/h2-4,7-8,15-16H,5-6,9-12H2,1H3. The molecule has 2 nitrogen and oxygen atoms in total. The fourth-order valence-electron chi connectivity index (χ4n) is 2.35. The number of rotatable bonds is 4. The van der Waals surface area contributed by atoms with Crippen LogP contribution < -0.4 is 10.6 Å². The van der Waals surface area contributed by atoms with E-state index < -0.39 is 0 Å². The van der Waals surface area contributed by atoms with Gasteiger partial charge in [0.15, 0.2) is 0 Å². The van der Waals surface area contributed by atoms with E-state index in [9.17, 15) is 0 Å². The smallest absolute Gasteiger partial charge is 0.0278 e. The first-order valence-corrected chi connectivity index (χ1v) is 6.28. The molecule has 0 radical (unpaired) electrons. The molecule has 1 aromatic rings. The van der Waals surface area contributed by atoms with E-state index >= 15 is 0 Å². The van der Waals surface area contributed by atoms with E-state index in [0.29, 0.717) is 5.54 Å². The Labute approximate surface area is 98.4 Å². The van der Waals surface area contributed by atoms with Crippen LogP contribution in [0.5, 0.6) is 0 Å². The van der Waals surface area contributed by atoms with Gasteiger partial charge in [0.05, 0.1) is 0 Å². The van der Waals surface area contributed by atoms with Crippen LogP contribution in [0.3, 0.4) is 0 Å². The van der Waals surface area contributed by atoms with Crippen LogP contribution in [0, 0.1) is 0 Å². The maximum atomic E-state index is 3.62. The summed E-state index contributed by atoms with van der Waals surface area (Å²) >= 11 is 0. The van der Waals surface area contributed by atoms with Gasteiger partial charge in [0, 0.05) is 18.6 Å². The number of hydrogen-bond acceptors (Lipinski definition) is 2. The zero-order chi connectivity index (χ0) is 11.3. The second kappa shape index (κ2) is 5.46. The van der Waals surface area contributed by atoms with Crippen molar-refractivity contribution < 1.29 is 0 Å². The van der Waals surface area contributed by atoms with E-state index in [-0.39, 0.29) is 0 Å². The van der Waals surface area contributed by atoms with Crippen molar-refractivity contribution in [2.45, 2.75) is 38.3 Å². The molecule has 2 heteroatoms. The van der Waals surface area contributed by atoms with Gasteiger partial charge in [0.25, 0.3) is 0 Å². The highest BCUT2D eigenvalue weighted by molar-refractivity contribution is 5.14. The van der Waals surface area contributed by atoms with Crippen molar-refractivity contribution >= 4 is 0 Å². The molecule has 2 rings (SSSR count). The van der Waals surface area contributed by atoms with E-state index in [1.165, 1.54) is 31.4 Å². The van der Waals surface area contributed by atoms with E-state index in [1.54, 1.807) is 0 Å². The summed E-state index contributed by atoms with van der Waals surface area (Å²) < 4.78 is 0. The van der Waals surface area contributed by atoms with Gasteiger partial charge >= 0.3 is 0 Å². The van der Waals surface area contributed by atoms with Crippen molar-refractivity contribution in [1.29, 1.82) is 0 Å². The molecular formula is C14H22N2. The minimum atomic E-state index is 0.299. The number of nitrogens with one attached hydrogen (secondary N) is 2. The molecule has 16 heavy (non-hydrogen) atoms. The van der Waals surface area contributed by atoms with Crippen molar-refractivity contribution in [3.63, 3.8) is 0 Å². The molecule has 1 aromatic carbocycles. The maximum absolute atomic E-state index is 3.62. The maximum Gasteiger partial charge on any atom is 0.0278 e.